The van der Waals surface area contributed by atoms with E-state index in [1.54, 1.807) is 12.1 Å². The molecule has 0 radical (unpaired) electrons. The number of aromatic carboxylic acids is 1. The normalized spacial score (nSPS) is 9.75. The van der Waals surface area contributed by atoms with Crippen LogP contribution in [0.5, 0.6) is 0 Å². The van der Waals surface area contributed by atoms with Gasteiger partial charge in [0, 0.05) is 6.42 Å². The van der Waals surface area contributed by atoms with Gasteiger partial charge in [-0.15, -0.1) is 0 Å². The number of hydrogen-bond donors (Lipinski definition) is 1. The first-order valence-corrected chi connectivity index (χ1v) is 5.41. The van der Waals surface area contributed by atoms with Crippen LogP contribution in [0.25, 0.3) is 0 Å². The van der Waals surface area contributed by atoms with Gasteiger partial charge in [0.15, 0.2) is 0 Å². The molecule has 1 rings (SSSR count). The Morgan fingerprint density at radius 3 is 2.81 bits per heavy atom. The van der Waals surface area contributed by atoms with Crippen molar-refractivity contribution in [3.8, 4) is 6.07 Å². The SMILES string of the molecule is CCc1c(CCCC#N)cccc1C(=O)O. The smallest absolute Gasteiger partial charge is 0.335 e. The van der Waals surface area contributed by atoms with Crippen LogP contribution >= 0.6 is 0 Å². The number of unbranched alkanes of at least 4 members (excludes halogenated alkanes) is 1. The van der Waals surface area contributed by atoms with Gasteiger partial charge in [-0.1, -0.05) is 19.1 Å². The third-order valence-corrected chi connectivity index (χ3v) is 2.59. The Labute approximate surface area is 95.3 Å². The highest BCUT2D eigenvalue weighted by Gasteiger charge is 2.11. The fraction of sp³-hybridized carbons (Fsp3) is 0.385. The Balaban J connectivity index is 2.96. The summed E-state index contributed by atoms with van der Waals surface area (Å²) in [5.41, 5.74) is 2.34. The van der Waals surface area contributed by atoms with Gasteiger partial charge in [-0.25, -0.2) is 4.79 Å². The van der Waals surface area contributed by atoms with Gasteiger partial charge in [0.1, 0.15) is 0 Å². The van der Waals surface area contributed by atoms with Gasteiger partial charge in [0.25, 0.3) is 0 Å². The maximum Gasteiger partial charge on any atom is 0.335 e. The molecule has 0 aliphatic carbocycles. The van der Waals surface area contributed by atoms with Crippen molar-refractivity contribution in [1.82, 2.24) is 0 Å². The summed E-state index contributed by atoms with van der Waals surface area (Å²) in [5.74, 6) is -0.876. The van der Waals surface area contributed by atoms with E-state index in [9.17, 15) is 4.79 Å². The van der Waals surface area contributed by atoms with E-state index in [-0.39, 0.29) is 0 Å². The molecule has 1 N–H and O–H groups in total. The Morgan fingerprint density at radius 1 is 1.50 bits per heavy atom. The molecule has 16 heavy (non-hydrogen) atoms. The Bertz CT molecular complexity index is 418. The molecule has 0 aliphatic heterocycles. The number of carboxylic acid groups (broad SMARTS) is 1. The third kappa shape index (κ3) is 2.83. The fourth-order valence-corrected chi connectivity index (χ4v) is 1.84. The lowest BCUT2D eigenvalue weighted by Gasteiger charge is -2.10. The van der Waals surface area contributed by atoms with Crippen molar-refractivity contribution in [1.29, 1.82) is 5.26 Å². The molecule has 0 bridgehead atoms. The molecule has 3 nitrogen and oxygen atoms in total. The number of rotatable bonds is 5. The first-order valence-electron chi connectivity index (χ1n) is 5.41. The number of aryl methyl sites for hydroxylation is 1. The van der Waals surface area contributed by atoms with Crippen molar-refractivity contribution in [2.75, 3.05) is 0 Å². The molecule has 0 saturated carbocycles. The second kappa shape index (κ2) is 5.92. The van der Waals surface area contributed by atoms with Crippen molar-refractivity contribution in [3.63, 3.8) is 0 Å². The van der Waals surface area contributed by atoms with Crippen molar-refractivity contribution in [2.45, 2.75) is 32.6 Å². The highest BCUT2D eigenvalue weighted by molar-refractivity contribution is 5.89. The molecule has 0 aromatic heterocycles. The molecule has 0 aliphatic rings. The Kier molecular flexibility index (Phi) is 4.53. The van der Waals surface area contributed by atoms with E-state index < -0.39 is 5.97 Å². The first-order chi connectivity index (χ1) is 7.70. The minimum absolute atomic E-state index is 0.386. The van der Waals surface area contributed by atoms with E-state index in [2.05, 4.69) is 6.07 Å². The largest absolute Gasteiger partial charge is 0.478 e. The standard InChI is InChI=1S/C13H15NO2/c1-2-11-10(6-3-4-9-14)7-5-8-12(11)13(15)16/h5,7-8H,2-4,6H2,1H3,(H,15,16). The van der Waals surface area contributed by atoms with Crippen LogP contribution in [0.2, 0.25) is 0 Å². The summed E-state index contributed by atoms with van der Waals surface area (Å²) in [6.45, 7) is 1.95. The molecule has 84 valence electrons. The summed E-state index contributed by atoms with van der Waals surface area (Å²) in [5, 5.41) is 17.5. The highest BCUT2D eigenvalue weighted by atomic mass is 16.4. The summed E-state index contributed by atoms with van der Waals surface area (Å²) in [7, 11) is 0. The number of carbonyl (C=O) groups is 1. The zero-order chi connectivity index (χ0) is 12.0. The first kappa shape index (κ1) is 12.3. The zero-order valence-electron chi connectivity index (χ0n) is 9.36. The summed E-state index contributed by atoms with van der Waals surface area (Å²) < 4.78 is 0. The molecule has 0 fully saturated rings. The summed E-state index contributed by atoms with van der Waals surface area (Å²) in [6.07, 6.45) is 2.79. The van der Waals surface area contributed by atoms with Gasteiger partial charge in [0.2, 0.25) is 0 Å². The van der Waals surface area contributed by atoms with Crippen LogP contribution in [0.3, 0.4) is 0 Å². The number of carboxylic acids is 1. The molecule has 1 aromatic rings. The molecule has 0 heterocycles. The average Bonchev–Trinajstić information content (AvgIpc) is 2.29. The predicted octanol–water partition coefficient (Wildman–Crippen LogP) is 2.79. The van der Waals surface area contributed by atoms with Crippen LogP contribution in [0, 0.1) is 11.3 Å². The van der Waals surface area contributed by atoms with E-state index in [1.165, 1.54) is 0 Å². The maximum absolute atomic E-state index is 11.0. The molecule has 0 spiro atoms. The van der Waals surface area contributed by atoms with Crippen molar-refractivity contribution >= 4 is 5.97 Å². The van der Waals surface area contributed by atoms with E-state index in [1.807, 2.05) is 13.0 Å². The lowest BCUT2D eigenvalue weighted by molar-refractivity contribution is 0.0695. The van der Waals surface area contributed by atoms with Gasteiger partial charge >= 0.3 is 5.97 Å². The lowest BCUT2D eigenvalue weighted by Crippen LogP contribution is -2.05. The molecule has 0 amide bonds. The maximum atomic E-state index is 11.0. The lowest BCUT2D eigenvalue weighted by atomic mass is 9.95. The average molecular weight is 217 g/mol. The zero-order valence-corrected chi connectivity index (χ0v) is 9.36. The fourth-order valence-electron chi connectivity index (χ4n) is 1.84. The van der Waals surface area contributed by atoms with Crippen LogP contribution in [-0.4, -0.2) is 11.1 Å². The second-order valence-corrected chi connectivity index (χ2v) is 3.61. The molecule has 3 heteroatoms. The molecule has 0 saturated heterocycles. The van der Waals surface area contributed by atoms with Crippen LogP contribution in [0.15, 0.2) is 18.2 Å². The molecule has 1 aromatic carbocycles. The molecular formula is C13H15NO2. The number of hydrogen-bond acceptors (Lipinski definition) is 2. The summed E-state index contributed by atoms with van der Waals surface area (Å²) in [6, 6.07) is 7.45. The minimum Gasteiger partial charge on any atom is -0.478 e. The molecule has 0 unspecified atom stereocenters. The van der Waals surface area contributed by atoms with Gasteiger partial charge in [0.05, 0.1) is 11.6 Å². The van der Waals surface area contributed by atoms with Gasteiger partial charge in [-0.3, -0.25) is 0 Å². The number of nitriles is 1. The Morgan fingerprint density at radius 2 is 2.25 bits per heavy atom. The van der Waals surface area contributed by atoms with Crippen LogP contribution in [0.1, 0.15) is 41.3 Å². The predicted molar refractivity (Wildman–Crippen MR) is 61.3 cm³/mol. The molecule has 0 atom stereocenters. The van der Waals surface area contributed by atoms with Crippen LogP contribution < -0.4 is 0 Å². The van der Waals surface area contributed by atoms with Crippen LogP contribution in [-0.2, 0) is 12.8 Å². The van der Waals surface area contributed by atoms with E-state index in [0.29, 0.717) is 18.4 Å². The highest BCUT2D eigenvalue weighted by Crippen LogP contribution is 2.18. The Hall–Kier alpha value is -1.82. The van der Waals surface area contributed by atoms with E-state index >= 15 is 0 Å². The van der Waals surface area contributed by atoms with Gasteiger partial charge in [-0.05, 0) is 36.5 Å². The second-order valence-electron chi connectivity index (χ2n) is 3.61. The summed E-state index contributed by atoms with van der Waals surface area (Å²) >= 11 is 0. The van der Waals surface area contributed by atoms with E-state index in [4.69, 9.17) is 10.4 Å². The quantitative estimate of drug-likeness (QED) is 0.771. The van der Waals surface area contributed by atoms with Crippen molar-refractivity contribution < 1.29 is 9.90 Å². The van der Waals surface area contributed by atoms with E-state index in [0.717, 1.165) is 24.0 Å². The topological polar surface area (TPSA) is 61.1 Å². The van der Waals surface area contributed by atoms with Crippen molar-refractivity contribution in [2.24, 2.45) is 0 Å². The van der Waals surface area contributed by atoms with Gasteiger partial charge in [-0.2, -0.15) is 5.26 Å². The summed E-state index contributed by atoms with van der Waals surface area (Å²) in [4.78, 5) is 11.0. The van der Waals surface area contributed by atoms with Crippen LogP contribution in [0.4, 0.5) is 0 Å². The monoisotopic (exact) mass is 217 g/mol. The third-order valence-electron chi connectivity index (χ3n) is 2.59. The number of benzene rings is 1. The minimum atomic E-state index is -0.876. The van der Waals surface area contributed by atoms with Gasteiger partial charge < -0.3 is 5.11 Å². The molecular weight excluding hydrogens is 202 g/mol. The number of nitrogens with zero attached hydrogens (tertiary/aromatic N) is 1. The van der Waals surface area contributed by atoms with Crippen molar-refractivity contribution in [3.05, 3.63) is 34.9 Å².